The van der Waals surface area contributed by atoms with Crippen LogP contribution in [-0.2, 0) is 6.42 Å². The predicted molar refractivity (Wildman–Crippen MR) is 110 cm³/mol. The van der Waals surface area contributed by atoms with E-state index in [0.717, 1.165) is 30.4 Å². The fourth-order valence-corrected chi connectivity index (χ4v) is 2.86. The maximum Gasteiger partial charge on any atom is 0.0758 e. The smallest absolute Gasteiger partial charge is 0.0758 e. The molecule has 0 radical (unpaired) electrons. The van der Waals surface area contributed by atoms with Gasteiger partial charge in [-0.15, -0.1) is 0 Å². The Morgan fingerprint density at radius 3 is 2.65 bits per heavy atom. The molecule has 0 spiro atoms. The van der Waals surface area contributed by atoms with Gasteiger partial charge in [0, 0.05) is 6.61 Å². The van der Waals surface area contributed by atoms with E-state index in [4.69, 9.17) is 5.11 Å². The van der Waals surface area contributed by atoms with Crippen LogP contribution in [0.25, 0.3) is 6.08 Å². The second-order valence-electron chi connectivity index (χ2n) is 6.95. The second kappa shape index (κ2) is 14.7. The number of allylic oxidation sites excluding steroid dienone is 1. The molecule has 3 nitrogen and oxygen atoms in total. The average Bonchev–Trinajstić information content (AvgIpc) is 2.63. The molecule has 0 heterocycles. The van der Waals surface area contributed by atoms with Crippen LogP contribution in [-0.4, -0.2) is 34.1 Å². The minimum Gasteiger partial charge on any atom is -0.396 e. The quantitative estimate of drug-likeness (QED) is 0.334. The Hall–Kier alpha value is -1.42. The van der Waals surface area contributed by atoms with E-state index in [1.54, 1.807) is 0 Å². The lowest BCUT2D eigenvalue weighted by Gasteiger charge is -2.10. The molecule has 0 aromatic heterocycles. The lowest BCUT2D eigenvalue weighted by molar-refractivity contribution is 0.157. The summed E-state index contributed by atoms with van der Waals surface area (Å²) in [6.45, 7) is 2.38. The van der Waals surface area contributed by atoms with Gasteiger partial charge in [-0.1, -0.05) is 68.3 Å². The Bertz CT molecular complexity index is 522. The summed E-state index contributed by atoms with van der Waals surface area (Å²) >= 11 is 0. The molecule has 0 aliphatic rings. The molecule has 146 valence electrons. The molecule has 0 fully saturated rings. The van der Waals surface area contributed by atoms with E-state index in [0.29, 0.717) is 19.3 Å². The third-order valence-corrected chi connectivity index (χ3v) is 4.40. The average molecular weight is 361 g/mol. The maximum absolute atomic E-state index is 10.1. The Morgan fingerprint density at radius 1 is 1.04 bits per heavy atom. The molecule has 3 N–H and O–H groups in total. The van der Waals surface area contributed by atoms with Gasteiger partial charge >= 0.3 is 0 Å². The van der Waals surface area contributed by atoms with Gasteiger partial charge in [0.1, 0.15) is 0 Å². The first-order valence-electron chi connectivity index (χ1n) is 10.0. The van der Waals surface area contributed by atoms with Gasteiger partial charge < -0.3 is 15.3 Å². The van der Waals surface area contributed by atoms with Crippen molar-refractivity contribution in [2.24, 2.45) is 0 Å². The second-order valence-corrected chi connectivity index (χ2v) is 6.95. The molecule has 0 aliphatic heterocycles. The Morgan fingerprint density at radius 2 is 1.88 bits per heavy atom. The number of rotatable bonds is 14. The standard InChI is InChI=1S/C23H36O3/c1-2-3-4-5-6-7-13-22(25)16-15-20-11-10-12-21(18-20)19-23(26)14-8-9-17-24/h6-7,10-12,15-16,18,22-26H,2-5,8-9,13-14,17,19H2,1H3. The highest BCUT2D eigenvalue weighted by atomic mass is 16.3. The molecular weight excluding hydrogens is 324 g/mol. The van der Waals surface area contributed by atoms with Crippen LogP contribution in [0.4, 0.5) is 0 Å². The van der Waals surface area contributed by atoms with Crippen LogP contribution in [0.5, 0.6) is 0 Å². The summed E-state index contributed by atoms with van der Waals surface area (Å²) in [5, 5.41) is 28.9. The normalized spacial score (nSPS) is 14.3. The summed E-state index contributed by atoms with van der Waals surface area (Å²) in [5.74, 6) is 0. The van der Waals surface area contributed by atoms with Crippen LogP contribution >= 0.6 is 0 Å². The highest BCUT2D eigenvalue weighted by Gasteiger charge is 2.05. The van der Waals surface area contributed by atoms with Crippen LogP contribution in [0.15, 0.2) is 42.5 Å². The molecule has 0 bridgehead atoms. The van der Waals surface area contributed by atoms with Gasteiger partial charge in [-0.25, -0.2) is 0 Å². The van der Waals surface area contributed by atoms with Crippen molar-refractivity contribution < 1.29 is 15.3 Å². The number of aliphatic hydroxyl groups excluding tert-OH is 3. The molecule has 0 saturated heterocycles. The van der Waals surface area contributed by atoms with Crippen molar-refractivity contribution >= 4 is 6.08 Å². The van der Waals surface area contributed by atoms with E-state index >= 15 is 0 Å². The molecule has 1 aromatic carbocycles. The van der Waals surface area contributed by atoms with E-state index in [2.05, 4.69) is 25.1 Å². The zero-order valence-corrected chi connectivity index (χ0v) is 16.2. The molecule has 2 unspecified atom stereocenters. The van der Waals surface area contributed by atoms with Gasteiger partial charge in [0.25, 0.3) is 0 Å². The fourth-order valence-electron chi connectivity index (χ4n) is 2.86. The van der Waals surface area contributed by atoms with Gasteiger partial charge in [0.05, 0.1) is 12.2 Å². The minimum atomic E-state index is -0.467. The first-order valence-corrected chi connectivity index (χ1v) is 10.0. The summed E-state index contributed by atoms with van der Waals surface area (Å²) < 4.78 is 0. The van der Waals surface area contributed by atoms with Crippen molar-refractivity contribution in [3.8, 4) is 0 Å². The van der Waals surface area contributed by atoms with Gasteiger partial charge in [-0.2, -0.15) is 0 Å². The monoisotopic (exact) mass is 360 g/mol. The number of aliphatic hydroxyl groups is 3. The molecule has 0 saturated carbocycles. The van der Waals surface area contributed by atoms with Crippen molar-refractivity contribution in [2.75, 3.05) is 6.61 Å². The summed E-state index contributed by atoms with van der Waals surface area (Å²) in [7, 11) is 0. The minimum absolute atomic E-state index is 0.184. The summed E-state index contributed by atoms with van der Waals surface area (Å²) in [5.41, 5.74) is 2.13. The molecule has 1 aromatic rings. The van der Waals surface area contributed by atoms with Crippen molar-refractivity contribution in [3.63, 3.8) is 0 Å². The van der Waals surface area contributed by atoms with E-state index in [1.807, 2.05) is 30.4 Å². The number of hydrogen-bond donors (Lipinski definition) is 3. The zero-order chi connectivity index (χ0) is 19.0. The van der Waals surface area contributed by atoms with Crippen molar-refractivity contribution in [1.82, 2.24) is 0 Å². The van der Waals surface area contributed by atoms with Crippen LogP contribution in [0.3, 0.4) is 0 Å². The SMILES string of the molecule is CCCCCC=CCC(O)C=Cc1cccc(CC(O)CCCCO)c1. The fraction of sp³-hybridized carbons (Fsp3) is 0.565. The van der Waals surface area contributed by atoms with Crippen LogP contribution < -0.4 is 0 Å². The predicted octanol–water partition coefficient (Wildman–Crippen LogP) is 4.65. The molecule has 2 atom stereocenters. The van der Waals surface area contributed by atoms with Crippen LogP contribution in [0.2, 0.25) is 0 Å². The largest absolute Gasteiger partial charge is 0.396 e. The van der Waals surface area contributed by atoms with Crippen molar-refractivity contribution in [1.29, 1.82) is 0 Å². The van der Waals surface area contributed by atoms with E-state index < -0.39 is 6.10 Å². The van der Waals surface area contributed by atoms with E-state index in [9.17, 15) is 10.2 Å². The summed E-state index contributed by atoms with van der Waals surface area (Å²) in [6.07, 6.45) is 15.5. The first-order chi connectivity index (χ1) is 12.7. The van der Waals surface area contributed by atoms with E-state index in [1.165, 1.54) is 19.3 Å². The van der Waals surface area contributed by atoms with Crippen LogP contribution in [0.1, 0.15) is 69.4 Å². The Labute approximate surface area is 159 Å². The van der Waals surface area contributed by atoms with Gasteiger partial charge in [0.15, 0.2) is 0 Å². The lowest BCUT2D eigenvalue weighted by Crippen LogP contribution is -2.10. The first kappa shape index (κ1) is 22.6. The van der Waals surface area contributed by atoms with Gasteiger partial charge in [0.2, 0.25) is 0 Å². The highest BCUT2D eigenvalue weighted by molar-refractivity contribution is 5.51. The lowest BCUT2D eigenvalue weighted by atomic mass is 10.0. The molecule has 0 amide bonds. The topological polar surface area (TPSA) is 60.7 Å². The van der Waals surface area contributed by atoms with Gasteiger partial charge in [-0.3, -0.25) is 0 Å². The Kier molecular flexibility index (Phi) is 12.8. The van der Waals surface area contributed by atoms with Crippen molar-refractivity contribution in [3.05, 3.63) is 53.6 Å². The number of unbranched alkanes of at least 4 members (excludes halogenated alkanes) is 4. The van der Waals surface area contributed by atoms with E-state index in [-0.39, 0.29) is 12.7 Å². The highest BCUT2D eigenvalue weighted by Crippen LogP contribution is 2.13. The molecule has 1 rings (SSSR count). The summed E-state index contributed by atoms with van der Waals surface area (Å²) in [4.78, 5) is 0. The molecule has 0 aliphatic carbocycles. The number of benzene rings is 1. The maximum atomic E-state index is 10.1. The Balaban J connectivity index is 2.40. The third kappa shape index (κ3) is 11.2. The molecule has 26 heavy (non-hydrogen) atoms. The van der Waals surface area contributed by atoms with Gasteiger partial charge in [-0.05, 0) is 56.1 Å². The zero-order valence-electron chi connectivity index (χ0n) is 16.2. The third-order valence-electron chi connectivity index (χ3n) is 4.40. The molecular formula is C23H36O3. The van der Waals surface area contributed by atoms with Crippen molar-refractivity contribution in [2.45, 2.75) is 76.9 Å². The summed E-state index contributed by atoms with van der Waals surface area (Å²) in [6, 6.07) is 8.06. The van der Waals surface area contributed by atoms with Crippen LogP contribution in [0, 0.1) is 0 Å². The molecule has 3 heteroatoms. The number of hydrogen-bond acceptors (Lipinski definition) is 3.